The van der Waals surface area contributed by atoms with Crippen LogP contribution in [0, 0.1) is 0 Å². The Kier molecular flexibility index (Phi) is 5.78. The summed E-state index contributed by atoms with van der Waals surface area (Å²) in [5.74, 6) is -0.505. The monoisotopic (exact) mass is 328 g/mol. The zero-order chi connectivity index (χ0) is 17.5. The van der Waals surface area contributed by atoms with E-state index in [2.05, 4.69) is 5.32 Å². The van der Waals surface area contributed by atoms with Crippen LogP contribution in [0.1, 0.15) is 15.9 Å². The number of hydrogen-bond acceptors (Lipinski definition) is 5. The first-order valence-electron chi connectivity index (χ1n) is 7.41. The van der Waals surface area contributed by atoms with Crippen LogP contribution in [0.2, 0.25) is 0 Å². The zero-order valence-corrected chi connectivity index (χ0v) is 13.6. The van der Waals surface area contributed by atoms with E-state index in [0.717, 1.165) is 5.56 Å². The minimum atomic E-state index is -0.784. The number of anilines is 1. The molecule has 2 aromatic carbocycles. The molecule has 2 rings (SSSR count). The van der Waals surface area contributed by atoms with Crippen LogP contribution in [-0.2, 0) is 16.0 Å². The Bertz CT molecular complexity index is 716. The number of carbonyl (C=O) groups is 2. The molecule has 1 amide bonds. The quantitative estimate of drug-likeness (QED) is 0.623. The van der Waals surface area contributed by atoms with Crippen LogP contribution in [0.4, 0.5) is 5.69 Å². The fourth-order valence-electron chi connectivity index (χ4n) is 2.28. The standard InChI is InChI=1S/C18H20N2O4/c1-23-16-11-13(8-9-14(16)19)17(21)20-15(18(22)24-2)10-12-6-4-3-5-7-12/h3-9,11,15H,10,19H2,1-2H3,(H,20,21). The minimum Gasteiger partial charge on any atom is -0.495 e. The van der Waals surface area contributed by atoms with E-state index in [-0.39, 0.29) is 0 Å². The lowest BCUT2D eigenvalue weighted by Crippen LogP contribution is -2.43. The Hall–Kier alpha value is -3.02. The zero-order valence-electron chi connectivity index (χ0n) is 13.6. The molecular weight excluding hydrogens is 308 g/mol. The van der Waals surface area contributed by atoms with E-state index in [1.165, 1.54) is 20.3 Å². The summed E-state index contributed by atoms with van der Waals surface area (Å²) in [5.41, 5.74) is 7.45. The molecule has 1 atom stereocenters. The summed E-state index contributed by atoms with van der Waals surface area (Å²) in [4.78, 5) is 24.4. The number of esters is 1. The average molecular weight is 328 g/mol. The number of ether oxygens (including phenoxy) is 2. The van der Waals surface area contributed by atoms with Crippen molar-refractivity contribution in [1.29, 1.82) is 0 Å². The summed E-state index contributed by atoms with van der Waals surface area (Å²) in [6.07, 6.45) is 0.339. The summed E-state index contributed by atoms with van der Waals surface area (Å²) in [5, 5.41) is 2.69. The average Bonchev–Trinajstić information content (AvgIpc) is 2.61. The van der Waals surface area contributed by atoms with Crippen LogP contribution < -0.4 is 15.8 Å². The van der Waals surface area contributed by atoms with E-state index in [1.54, 1.807) is 12.1 Å². The van der Waals surface area contributed by atoms with Crippen LogP contribution in [0.5, 0.6) is 5.75 Å². The van der Waals surface area contributed by atoms with Crippen molar-refractivity contribution in [2.45, 2.75) is 12.5 Å². The van der Waals surface area contributed by atoms with Crippen LogP contribution in [0.3, 0.4) is 0 Å². The molecule has 0 bridgehead atoms. The van der Waals surface area contributed by atoms with Crippen LogP contribution in [0.15, 0.2) is 48.5 Å². The topological polar surface area (TPSA) is 90.7 Å². The highest BCUT2D eigenvalue weighted by Gasteiger charge is 2.23. The molecule has 0 aromatic heterocycles. The van der Waals surface area contributed by atoms with Crippen molar-refractivity contribution in [3.8, 4) is 5.75 Å². The predicted molar refractivity (Wildman–Crippen MR) is 90.8 cm³/mol. The first kappa shape index (κ1) is 17.3. The lowest BCUT2D eigenvalue weighted by atomic mass is 10.1. The van der Waals surface area contributed by atoms with Crippen molar-refractivity contribution in [3.05, 3.63) is 59.7 Å². The fourth-order valence-corrected chi connectivity index (χ4v) is 2.28. The Morgan fingerprint density at radius 3 is 2.46 bits per heavy atom. The lowest BCUT2D eigenvalue weighted by molar-refractivity contribution is -0.142. The molecule has 0 spiro atoms. The van der Waals surface area contributed by atoms with Crippen molar-refractivity contribution >= 4 is 17.6 Å². The molecule has 3 N–H and O–H groups in total. The first-order chi connectivity index (χ1) is 11.5. The van der Waals surface area contributed by atoms with Gasteiger partial charge in [-0.25, -0.2) is 4.79 Å². The number of nitrogen functional groups attached to an aromatic ring is 1. The Morgan fingerprint density at radius 2 is 1.83 bits per heavy atom. The van der Waals surface area contributed by atoms with Gasteiger partial charge in [0.05, 0.1) is 19.9 Å². The molecule has 0 fully saturated rings. The lowest BCUT2D eigenvalue weighted by Gasteiger charge is -2.17. The van der Waals surface area contributed by atoms with E-state index in [9.17, 15) is 9.59 Å². The minimum absolute atomic E-state index is 0.339. The Morgan fingerprint density at radius 1 is 1.12 bits per heavy atom. The number of amides is 1. The first-order valence-corrected chi connectivity index (χ1v) is 7.41. The highest BCUT2D eigenvalue weighted by molar-refractivity contribution is 5.97. The maximum Gasteiger partial charge on any atom is 0.328 e. The molecule has 24 heavy (non-hydrogen) atoms. The molecule has 0 saturated heterocycles. The molecular formula is C18H20N2O4. The summed E-state index contributed by atoms with van der Waals surface area (Å²) in [6, 6.07) is 13.3. The van der Waals surface area contributed by atoms with Crippen LogP contribution in [0.25, 0.3) is 0 Å². The number of carbonyl (C=O) groups excluding carboxylic acids is 2. The molecule has 1 unspecified atom stereocenters. The molecule has 0 heterocycles. The van der Waals surface area contributed by atoms with Gasteiger partial charge in [0.25, 0.3) is 5.91 Å². The smallest absolute Gasteiger partial charge is 0.328 e. The summed E-state index contributed by atoms with van der Waals surface area (Å²) in [6.45, 7) is 0. The second-order valence-corrected chi connectivity index (χ2v) is 5.20. The molecule has 0 aliphatic carbocycles. The van der Waals surface area contributed by atoms with Gasteiger partial charge in [0, 0.05) is 12.0 Å². The number of rotatable bonds is 6. The maximum absolute atomic E-state index is 12.4. The van der Waals surface area contributed by atoms with Crippen molar-refractivity contribution in [3.63, 3.8) is 0 Å². The highest BCUT2D eigenvalue weighted by Crippen LogP contribution is 2.22. The van der Waals surface area contributed by atoms with Gasteiger partial charge in [-0.05, 0) is 23.8 Å². The summed E-state index contributed by atoms with van der Waals surface area (Å²) >= 11 is 0. The second-order valence-electron chi connectivity index (χ2n) is 5.20. The molecule has 0 radical (unpaired) electrons. The van der Waals surface area contributed by atoms with Gasteiger partial charge in [-0.15, -0.1) is 0 Å². The van der Waals surface area contributed by atoms with Crippen LogP contribution in [-0.4, -0.2) is 32.1 Å². The van der Waals surface area contributed by atoms with Gasteiger partial charge in [-0.1, -0.05) is 30.3 Å². The molecule has 126 valence electrons. The van der Waals surface area contributed by atoms with Gasteiger partial charge in [-0.2, -0.15) is 0 Å². The van der Waals surface area contributed by atoms with E-state index in [4.69, 9.17) is 15.2 Å². The van der Waals surface area contributed by atoms with E-state index in [0.29, 0.717) is 23.4 Å². The fraction of sp³-hybridized carbons (Fsp3) is 0.222. The second kappa shape index (κ2) is 8.01. The molecule has 6 nitrogen and oxygen atoms in total. The van der Waals surface area contributed by atoms with Crippen molar-refractivity contribution in [2.24, 2.45) is 0 Å². The van der Waals surface area contributed by atoms with Crippen LogP contribution >= 0.6 is 0 Å². The number of benzene rings is 2. The predicted octanol–water partition coefficient (Wildman–Crippen LogP) is 1.79. The van der Waals surface area contributed by atoms with E-state index in [1.807, 2.05) is 30.3 Å². The van der Waals surface area contributed by atoms with Crippen molar-refractivity contribution < 1.29 is 19.1 Å². The van der Waals surface area contributed by atoms with Crippen molar-refractivity contribution in [2.75, 3.05) is 20.0 Å². The number of methoxy groups -OCH3 is 2. The SMILES string of the molecule is COC(=O)C(Cc1ccccc1)NC(=O)c1ccc(N)c(OC)c1. The third-order valence-corrected chi connectivity index (χ3v) is 3.57. The Balaban J connectivity index is 2.16. The van der Waals surface area contributed by atoms with Gasteiger partial charge in [0.15, 0.2) is 0 Å². The van der Waals surface area contributed by atoms with E-state index < -0.39 is 17.9 Å². The normalized spacial score (nSPS) is 11.4. The molecule has 0 aliphatic rings. The molecule has 0 saturated carbocycles. The maximum atomic E-state index is 12.4. The van der Waals surface area contributed by atoms with Gasteiger partial charge in [0.1, 0.15) is 11.8 Å². The Labute approximate surface area is 140 Å². The van der Waals surface area contributed by atoms with Gasteiger partial charge in [0.2, 0.25) is 0 Å². The number of nitrogens with two attached hydrogens (primary N) is 1. The summed E-state index contributed by atoms with van der Waals surface area (Å²) < 4.78 is 9.90. The molecule has 0 aliphatic heterocycles. The third kappa shape index (κ3) is 4.25. The van der Waals surface area contributed by atoms with Gasteiger partial charge >= 0.3 is 5.97 Å². The third-order valence-electron chi connectivity index (χ3n) is 3.57. The van der Waals surface area contributed by atoms with Gasteiger partial charge < -0.3 is 20.5 Å². The van der Waals surface area contributed by atoms with Crippen molar-refractivity contribution in [1.82, 2.24) is 5.32 Å². The molecule has 6 heteroatoms. The number of hydrogen-bond donors (Lipinski definition) is 2. The van der Waals surface area contributed by atoms with E-state index >= 15 is 0 Å². The number of nitrogens with one attached hydrogen (secondary N) is 1. The summed E-state index contributed by atoms with van der Waals surface area (Å²) in [7, 11) is 2.76. The highest BCUT2D eigenvalue weighted by atomic mass is 16.5. The molecule has 2 aromatic rings. The largest absolute Gasteiger partial charge is 0.495 e. The van der Waals surface area contributed by atoms with Gasteiger partial charge in [-0.3, -0.25) is 4.79 Å².